The number of aryl methyl sites for hydroxylation is 1. The summed E-state index contributed by atoms with van der Waals surface area (Å²) in [6.45, 7) is 2.81. The number of rotatable bonds is 5. The first-order valence-corrected chi connectivity index (χ1v) is 8.87. The smallest absolute Gasteiger partial charge is 0.319 e. The van der Waals surface area contributed by atoms with Crippen LogP contribution in [0, 0.1) is 6.92 Å². The number of sulfonamides is 1. The van der Waals surface area contributed by atoms with Crippen molar-refractivity contribution in [3.05, 3.63) is 59.4 Å². The van der Waals surface area contributed by atoms with Gasteiger partial charge in [0.05, 0.1) is 17.7 Å². The van der Waals surface area contributed by atoms with Crippen LogP contribution in [0.1, 0.15) is 29.7 Å². The molecule has 1 atom stereocenters. The Morgan fingerprint density at radius 1 is 1.20 bits per heavy atom. The van der Waals surface area contributed by atoms with Crippen LogP contribution in [0.25, 0.3) is 0 Å². The Morgan fingerprint density at radius 3 is 2.48 bits per heavy atom. The van der Waals surface area contributed by atoms with E-state index in [1.807, 2.05) is 4.72 Å². The molecular weight excluding hydrogens is 344 g/mol. The summed E-state index contributed by atoms with van der Waals surface area (Å²) in [4.78, 5) is 27.6. The fraction of sp³-hybridized carbons (Fsp3) is 0.235. The molecule has 0 spiro atoms. The Balaban J connectivity index is 2.71. The van der Waals surface area contributed by atoms with Crippen LogP contribution in [-0.2, 0) is 24.3 Å². The molecule has 0 radical (unpaired) electrons. The van der Waals surface area contributed by atoms with Gasteiger partial charge in [0.2, 0.25) is 5.91 Å². The van der Waals surface area contributed by atoms with Gasteiger partial charge in [0, 0.05) is 13.1 Å². The van der Waals surface area contributed by atoms with Crippen LogP contribution >= 0.6 is 0 Å². The van der Waals surface area contributed by atoms with E-state index in [1.54, 1.807) is 31.2 Å². The van der Waals surface area contributed by atoms with Crippen molar-refractivity contribution in [1.29, 1.82) is 0 Å². The second kappa shape index (κ2) is 7.43. The van der Waals surface area contributed by atoms with Crippen molar-refractivity contribution in [1.82, 2.24) is 9.71 Å². The van der Waals surface area contributed by atoms with E-state index >= 15 is 0 Å². The molecule has 0 aliphatic rings. The minimum Gasteiger partial charge on any atom is -0.468 e. The monoisotopic (exact) mass is 362 g/mol. The van der Waals surface area contributed by atoms with E-state index in [4.69, 9.17) is 4.74 Å². The maximum atomic E-state index is 12.6. The zero-order chi connectivity index (χ0) is 18.6. The molecule has 1 heterocycles. The number of hydrogen-bond acceptors (Lipinski definition) is 6. The Labute approximate surface area is 146 Å². The summed E-state index contributed by atoms with van der Waals surface area (Å²) in [5.74, 6) is -2.41. The molecule has 0 bridgehead atoms. The minimum absolute atomic E-state index is 0.163. The number of ether oxygens (including phenoxy) is 1. The van der Waals surface area contributed by atoms with E-state index in [9.17, 15) is 18.0 Å². The maximum absolute atomic E-state index is 12.6. The summed E-state index contributed by atoms with van der Waals surface area (Å²) in [7, 11) is -2.93. The van der Waals surface area contributed by atoms with Gasteiger partial charge in [-0.15, -0.1) is 0 Å². The number of carbonyl (C=O) groups excluding carboxylic acids is 2. The highest BCUT2D eigenvalue weighted by molar-refractivity contribution is 7.90. The molecule has 1 aromatic heterocycles. The van der Waals surface area contributed by atoms with Crippen LogP contribution in [0.4, 0.5) is 0 Å². The Hall–Kier alpha value is -2.74. The van der Waals surface area contributed by atoms with Crippen molar-refractivity contribution < 1.29 is 22.7 Å². The molecule has 132 valence electrons. The number of pyridine rings is 1. The van der Waals surface area contributed by atoms with Gasteiger partial charge in [-0.3, -0.25) is 14.6 Å². The largest absolute Gasteiger partial charge is 0.468 e. The molecular formula is C17H18N2O5S. The van der Waals surface area contributed by atoms with Crippen LogP contribution in [0.2, 0.25) is 0 Å². The summed E-state index contributed by atoms with van der Waals surface area (Å²) < 4.78 is 31.9. The first kappa shape index (κ1) is 18.6. The average Bonchev–Trinajstić information content (AvgIpc) is 2.56. The van der Waals surface area contributed by atoms with Crippen molar-refractivity contribution in [3.8, 4) is 0 Å². The molecule has 1 unspecified atom stereocenters. The molecule has 1 aromatic carbocycles. The number of aromatic nitrogens is 1. The third-order valence-corrected chi connectivity index (χ3v) is 4.96. The van der Waals surface area contributed by atoms with E-state index in [-0.39, 0.29) is 10.5 Å². The molecule has 0 aliphatic heterocycles. The molecule has 0 saturated heterocycles. The zero-order valence-electron chi connectivity index (χ0n) is 14.0. The molecule has 2 rings (SSSR count). The fourth-order valence-corrected chi connectivity index (χ4v) is 3.75. The predicted octanol–water partition coefficient (Wildman–Crippen LogP) is 1.52. The standard InChI is InChI=1S/C17H18N2O5S/c1-11-7-8-13(15(10-11)25(22,23)19-12(2)20)16(17(21)24-3)14-6-4-5-9-18-14/h4-10,16H,1-3H3,(H,19,20). The quantitative estimate of drug-likeness (QED) is 0.809. The SMILES string of the molecule is COC(=O)C(c1ccccn1)c1ccc(C)cc1S(=O)(=O)NC(C)=O. The normalized spacial score (nSPS) is 12.3. The van der Waals surface area contributed by atoms with Crippen molar-refractivity contribution in [2.75, 3.05) is 7.11 Å². The molecule has 0 fully saturated rings. The number of nitrogens with one attached hydrogen (secondary N) is 1. The Kier molecular flexibility index (Phi) is 5.53. The number of carbonyl (C=O) groups is 2. The number of benzene rings is 1. The van der Waals surface area contributed by atoms with Crippen LogP contribution in [0.3, 0.4) is 0 Å². The van der Waals surface area contributed by atoms with Gasteiger partial charge in [-0.25, -0.2) is 13.1 Å². The highest BCUT2D eigenvalue weighted by Crippen LogP contribution is 2.30. The highest BCUT2D eigenvalue weighted by atomic mass is 32.2. The van der Waals surface area contributed by atoms with Crippen molar-refractivity contribution in [3.63, 3.8) is 0 Å². The fourth-order valence-electron chi connectivity index (χ4n) is 2.43. The van der Waals surface area contributed by atoms with Gasteiger partial charge in [0.1, 0.15) is 5.92 Å². The van der Waals surface area contributed by atoms with Gasteiger partial charge >= 0.3 is 5.97 Å². The lowest BCUT2D eigenvalue weighted by Gasteiger charge is -2.19. The molecule has 0 saturated carbocycles. The van der Waals surface area contributed by atoms with E-state index in [0.717, 1.165) is 6.92 Å². The summed E-state index contributed by atoms with van der Waals surface area (Å²) in [6.07, 6.45) is 1.50. The molecule has 25 heavy (non-hydrogen) atoms. The first-order valence-electron chi connectivity index (χ1n) is 7.39. The third-order valence-electron chi connectivity index (χ3n) is 3.47. The number of hydrogen-bond donors (Lipinski definition) is 1. The van der Waals surface area contributed by atoms with Crippen LogP contribution < -0.4 is 4.72 Å². The highest BCUT2D eigenvalue weighted by Gasteiger charge is 2.31. The van der Waals surface area contributed by atoms with Crippen LogP contribution in [0.15, 0.2) is 47.5 Å². The van der Waals surface area contributed by atoms with Crippen molar-refractivity contribution >= 4 is 21.9 Å². The minimum atomic E-state index is -4.14. The van der Waals surface area contributed by atoms with Gasteiger partial charge in [-0.1, -0.05) is 18.2 Å². The van der Waals surface area contributed by atoms with Gasteiger partial charge < -0.3 is 4.74 Å². The van der Waals surface area contributed by atoms with Gasteiger partial charge in [0.15, 0.2) is 0 Å². The molecule has 8 heteroatoms. The summed E-state index contributed by atoms with van der Waals surface area (Å²) in [5.41, 5.74) is 1.19. The average molecular weight is 362 g/mol. The number of amides is 1. The van der Waals surface area contributed by atoms with Gasteiger partial charge in [0.25, 0.3) is 10.0 Å². The van der Waals surface area contributed by atoms with E-state index < -0.39 is 27.8 Å². The zero-order valence-corrected chi connectivity index (χ0v) is 14.8. The molecule has 2 aromatic rings. The van der Waals surface area contributed by atoms with Crippen LogP contribution in [-0.4, -0.2) is 32.4 Å². The lowest BCUT2D eigenvalue weighted by atomic mass is 9.94. The van der Waals surface area contributed by atoms with Gasteiger partial charge in [-0.05, 0) is 36.2 Å². The Bertz CT molecular complexity index is 895. The van der Waals surface area contributed by atoms with E-state index in [1.165, 1.54) is 25.4 Å². The lowest BCUT2D eigenvalue weighted by molar-refractivity contribution is -0.141. The topological polar surface area (TPSA) is 102 Å². The summed E-state index contributed by atoms with van der Waals surface area (Å²) in [5, 5.41) is 0. The number of nitrogens with zero attached hydrogens (tertiary/aromatic N) is 1. The maximum Gasteiger partial charge on any atom is 0.319 e. The summed E-state index contributed by atoms with van der Waals surface area (Å²) in [6, 6.07) is 9.59. The molecule has 1 amide bonds. The van der Waals surface area contributed by atoms with Crippen molar-refractivity contribution in [2.24, 2.45) is 0 Å². The van der Waals surface area contributed by atoms with Crippen molar-refractivity contribution in [2.45, 2.75) is 24.7 Å². The molecule has 1 N–H and O–H groups in total. The predicted molar refractivity (Wildman–Crippen MR) is 90.3 cm³/mol. The third kappa shape index (κ3) is 4.21. The number of methoxy groups -OCH3 is 1. The molecule has 0 aliphatic carbocycles. The lowest BCUT2D eigenvalue weighted by Crippen LogP contribution is -2.30. The van der Waals surface area contributed by atoms with E-state index in [2.05, 4.69) is 4.98 Å². The summed E-state index contributed by atoms with van der Waals surface area (Å²) >= 11 is 0. The van der Waals surface area contributed by atoms with Crippen LogP contribution in [0.5, 0.6) is 0 Å². The number of esters is 1. The first-order chi connectivity index (χ1) is 11.8. The van der Waals surface area contributed by atoms with E-state index in [0.29, 0.717) is 11.3 Å². The molecule has 7 nitrogen and oxygen atoms in total. The second-order valence-corrected chi connectivity index (χ2v) is 7.06. The van der Waals surface area contributed by atoms with Gasteiger partial charge in [-0.2, -0.15) is 0 Å². The second-order valence-electron chi connectivity index (χ2n) is 5.41. The Morgan fingerprint density at radius 2 is 1.92 bits per heavy atom.